The van der Waals surface area contributed by atoms with Gasteiger partial charge >= 0.3 is 5.97 Å². The number of ether oxygens (including phenoxy) is 1. The maximum atomic E-state index is 11.3. The molecule has 0 bridgehead atoms. The molecule has 1 rings (SSSR count). The molecule has 15 heavy (non-hydrogen) atoms. The highest BCUT2D eigenvalue weighted by molar-refractivity contribution is 5.72. The molecule has 0 aliphatic heterocycles. The van der Waals surface area contributed by atoms with Gasteiger partial charge < -0.3 is 4.74 Å². The summed E-state index contributed by atoms with van der Waals surface area (Å²) < 4.78 is 5.04. The van der Waals surface area contributed by atoms with Crippen LogP contribution in [0, 0.1) is 0 Å². The van der Waals surface area contributed by atoms with E-state index >= 15 is 0 Å². The summed E-state index contributed by atoms with van der Waals surface area (Å²) in [5, 5.41) is 0. The van der Waals surface area contributed by atoms with E-state index in [4.69, 9.17) is 4.74 Å². The molecular weight excluding hydrogens is 188 g/mol. The third-order valence-electron chi connectivity index (χ3n) is 1.93. The first kappa shape index (κ1) is 11.5. The predicted molar refractivity (Wildman–Crippen MR) is 60.5 cm³/mol. The number of carbonyl (C=O) groups excluding carboxylic acids is 1. The Morgan fingerprint density at radius 1 is 1.27 bits per heavy atom. The Bertz CT molecular complexity index is 335. The minimum absolute atomic E-state index is 0.182. The molecule has 0 aliphatic carbocycles. The fourth-order valence-electron chi connectivity index (χ4n) is 1.11. The molecule has 2 heteroatoms. The number of allylic oxidation sites excluding steroid dienone is 1. The number of esters is 1. The van der Waals surface area contributed by atoms with Gasteiger partial charge in [0.1, 0.15) is 6.61 Å². The first-order valence-corrected chi connectivity index (χ1v) is 5.01. The molecule has 0 unspecified atom stereocenters. The van der Waals surface area contributed by atoms with E-state index < -0.39 is 0 Å². The van der Waals surface area contributed by atoms with Crippen LogP contribution >= 0.6 is 0 Å². The molecule has 0 spiro atoms. The smallest absolute Gasteiger partial charge is 0.310 e. The average Bonchev–Trinajstić information content (AvgIpc) is 2.18. The molecule has 0 aliphatic rings. The minimum atomic E-state index is -0.182. The fourth-order valence-corrected chi connectivity index (χ4v) is 1.11. The van der Waals surface area contributed by atoms with Crippen LogP contribution in [0.2, 0.25) is 0 Å². The highest BCUT2D eigenvalue weighted by Gasteiger charge is 2.02. The SMILES string of the molecule is CC(C)=CCOC(=O)Cc1ccccc1. The normalized spacial score (nSPS) is 9.47. The quantitative estimate of drug-likeness (QED) is 0.557. The van der Waals surface area contributed by atoms with Crippen LogP contribution in [0.15, 0.2) is 42.0 Å². The Hall–Kier alpha value is -1.57. The van der Waals surface area contributed by atoms with E-state index in [2.05, 4.69) is 0 Å². The van der Waals surface area contributed by atoms with Crippen molar-refractivity contribution in [3.8, 4) is 0 Å². The monoisotopic (exact) mass is 204 g/mol. The highest BCUT2D eigenvalue weighted by atomic mass is 16.5. The second-order valence-corrected chi connectivity index (χ2v) is 3.63. The molecule has 0 fully saturated rings. The predicted octanol–water partition coefficient (Wildman–Crippen LogP) is 2.74. The lowest BCUT2D eigenvalue weighted by Gasteiger charge is -2.02. The van der Waals surface area contributed by atoms with Crippen LogP contribution in [0.1, 0.15) is 19.4 Å². The summed E-state index contributed by atoms with van der Waals surface area (Å²) in [6, 6.07) is 9.60. The second-order valence-electron chi connectivity index (χ2n) is 3.63. The van der Waals surface area contributed by atoms with Crippen molar-refractivity contribution in [2.24, 2.45) is 0 Å². The van der Waals surface area contributed by atoms with E-state index in [0.717, 1.165) is 11.1 Å². The summed E-state index contributed by atoms with van der Waals surface area (Å²) in [6.07, 6.45) is 2.24. The van der Waals surface area contributed by atoms with Gasteiger partial charge in [0.2, 0.25) is 0 Å². The maximum Gasteiger partial charge on any atom is 0.310 e. The van der Waals surface area contributed by atoms with Gasteiger partial charge in [0.15, 0.2) is 0 Å². The van der Waals surface area contributed by atoms with Crippen molar-refractivity contribution >= 4 is 5.97 Å². The number of hydrogen-bond acceptors (Lipinski definition) is 2. The molecule has 0 saturated heterocycles. The zero-order valence-corrected chi connectivity index (χ0v) is 9.19. The molecule has 2 nitrogen and oxygen atoms in total. The molecule has 0 N–H and O–H groups in total. The van der Waals surface area contributed by atoms with E-state index in [9.17, 15) is 4.79 Å². The average molecular weight is 204 g/mol. The zero-order chi connectivity index (χ0) is 11.1. The van der Waals surface area contributed by atoms with Crippen molar-refractivity contribution in [1.82, 2.24) is 0 Å². The van der Waals surface area contributed by atoms with Crippen LogP contribution in [0.3, 0.4) is 0 Å². The molecule has 0 radical (unpaired) electrons. The van der Waals surface area contributed by atoms with Gasteiger partial charge in [-0.05, 0) is 25.5 Å². The lowest BCUT2D eigenvalue weighted by Crippen LogP contribution is -2.07. The number of carbonyl (C=O) groups is 1. The summed E-state index contributed by atoms with van der Waals surface area (Å²) in [5.41, 5.74) is 2.14. The van der Waals surface area contributed by atoms with Gasteiger partial charge in [-0.3, -0.25) is 4.79 Å². The summed E-state index contributed by atoms with van der Waals surface area (Å²) in [5.74, 6) is -0.182. The highest BCUT2D eigenvalue weighted by Crippen LogP contribution is 2.01. The molecule has 1 aromatic carbocycles. The number of rotatable bonds is 4. The van der Waals surface area contributed by atoms with Crippen molar-refractivity contribution in [2.45, 2.75) is 20.3 Å². The first-order valence-electron chi connectivity index (χ1n) is 5.01. The molecular formula is C13H16O2. The molecule has 0 aromatic heterocycles. The lowest BCUT2D eigenvalue weighted by molar-refractivity contribution is -0.141. The van der Waals surface area contributed by atoms with Crippen molar-refractivity contribution in [3.63, 3.8) is 0 Å². The Balaban J connectivity index is 2.34. The Kier molecular flexibility index (Phi) is 4.61. The summed E-state index contributed by atoms with van der Waals surface area (Å²) >= 11 is 0. The third-order valence-corrected chi connectivity index (χ3v) is 1.93. The van der Waals surface area contributed by atoms with Crippen LogP contribution in [-0.2, 0) is 16.0 Å². The van der Waals surface area contributed by atoms with Gasteiger partial charge in [-0.2, -0.15) is 0 Å². The van der Waals surface area contributed by atoms with E-state index in [0.29, 0.717) is 13.0 Å². The molecule has 0 atom stereocenters. The topological polar surface area (TPSA) is 26.3 Å². The van der Waals surface area contributed by atoms with Crippen molar-refractivity contribution in [2.75, 3.05) is 6.61 Å². The fraction of sp³-hybridized carbons (Fsp3) is 0.308. The molecule has 1 aromatic rings. The van der Waals surface area contributed by atoms with Crippen LogP contribution in [0.5, 0.6) is 0 Å². The van der Waals surface area contributed by atoms with Crippen molar-refractivity contribution in [1.29, 1.82) is 0 Å². The number of hydrogen-bond donors (Lipinski definition) is 0. The van der Waals surface area contributed by atoms with Crippen LogP contribution < -0.4 is 0 Å². The van der Waals surface area contributed by atoms with Crippen LogP contribution in [0.4, 0.5) is 0 Å². The Morgan fingerprint density at radius 3 is 2.53 bits per heavy atom. The zero-order valence-electron chi connectivity index (χ0n) is 9.19. The summed E-state index contributed by atoms with van der Waals surface area (Å²) in [7, 11) is 0. The Labute approximate surface area is 90.6 Å². The standard InChI is InChI=1S/C13H16O2/c1-11(2)8-9-15-13(14)10-12-6-4-3-5-7-12/h3-8H,9-10H2,1-2H3. The molecule has 0 saturated carbocycles. The van der Waals surface area contributed by atoms with Gasteiger partial charge in [-0.1, -0.05) is 35.9 Å². The van der Waals surface area contributed by atoms with E-state index in [1.807, 2.05) is 50.3 Å². The van der Waals surface area contributed by atoms with Gasteiger partial charge in [0, 0.05) is 0 Å². The third kappa shape index (κ3) is 5.01. The lowest BCUT2D eigenvalue weighted by atomic mass is 10.2. The van der Waals surface area contributed by atoms with Gasteiger partial charge in [0.05, 0.1) is 6.42 Å². The maximum absolute atomic E-state index is 11.3. The van der Waals surface area contributed by atoms with E-state index in [-0.39, 0.29) is 5.97 Å². The summed E-state index contributed by atoms with van der Waals surface area (Å²) in [6.45, 7) is 4.32. The van der Waals surface area contributed by atoms with E-state index in [1.165, 1.54) is 0 Å². The number of benzene rings is 1. The molecule has 0 amide bonds. The van der Waals surface area contributed by atoms with Gasteiger partial charge in [-0.15, -0.1) is 0 Å². The second kappa shape index (κ2) is 6.02. The largest absolute Gasteiger partial charge is 0.461 e. The van der Waals surface area contributed by atoms with Crippen molar-refractivity contribution < 1.29 is 9.53 Å². The van der Waals surface area contributed by atoms with Gasteiger partial charge in [-0.25, -0.2) is 0 Å². The minimum Gasteiger partial charge on any atom is -0.461 e. The first-order chi connectivity index (χ1) is 7.18. The summed E-state index contributed by atoms with van der Waals surface area (Å²) in [4.78, 5) is 11.3. The molecule has 0 heterocycles. The van der Waals surface area contributed by atoms with E-state index in [1.54, 1.807) is 0 Å². The van der Waals surface area contributed by atoms with Crippen molar-refractivity contribution in [3.05, 3.63) is 47.5 Å². The Morgan fingerprint density at radius 2 is 1.93 bits per heavy atom. The molecule has 80 valence electrons. The van der Waals surface area contributed by atoms with Crippen LogP contribution in [-0.4, -0.2) is 12.6 Å². The van der Waals surface area contributed by atoms with Gasteiger partial charge in [0.25, 0.3) is 0 Å². The van der Waals surface area contributed by atoms with Crippen LogP contribution in [0.25, 0.3) is 0 Å².